The summed E-state index contributed by atoms with van der Waals surface area (Å²) in [5.74, 6) is 0. The van der Waals surface area contributed by atoms with Crippen molar-refractivity contribution in [2.45, 2.75) is 13.0 Å². The van der Waals surface area contributed by atoms with E-state index in [2.05, 4.69) is 16.0 Å². The molecule has 2 N–H and O–H groups in total. The van der Waals surface area contributed by atoms with Crippen molar-refractivity contribution >= 4 is 22.2 Å². The van der Waals surface area contributed by atoms with Gasteiger partial charge in [-0.25, -0.2) is 4.98 Å². The van der Waals surface area contributed by atoms with Gasteiger partial charge in [-0.1, -0.05) is 18.2 Å². The Balaban J connectivity index is 2.03. The van der Waals surface area contributed by atoms with Gasteiger partial charge in [0.1, 0.15) is 0 Å². The van der Waals surface area contributed by atoms with Crippen LogP contribution in [0.5, 0.6) is 0 Å². The Morgan fingerprint density at radius 2 is 2.17 bits per heavy atom. The van der Waals surface area contributed by atoms with Gasteiger partial charge in [-0.15, -0.1) is 11.3 Å². The van der Waals surface area contributed by atoms with Crippen molar-refractivity contribution in [1.82, 2.24) is 9.97 Å². The second kappa shape index (κ2) is 4.48. The van der Waals surface area contributed by atoms with Gasteiger partial charge in [0.2, 0.25) is 0 Å². The summed E-state index contributed by atoms with van der Waals surface area (Å²) >= 11 is 1.62. The summed E-state index contributed by atoms with van der Waals surface area (Å²) in [5, 5.41) is 4.19. The molecule has 0 radical (unpaired) electrons. The number of rotatable bonds is 2. The van der Waals surface area contributed by atoms with Crippen LogP contribution < -0.4 is 5.73 Å². The lowest BCUT2D eigenvalue weighted by molar-refractivity contribution is 0.836. The fraction of sp³-hybridized carbons (Fsp3) is 0.143. The van der Waals surface area contributed by atoms with Crippen LogP contribution in [0, 0.1) is 6.92 Å². The molecule has 0 saturated heterocycles. The van der Waals surface area contributed by atoms with Gasteiger partial charge in [0, 0.05) is 17.0 Å². The minimum absolute atomic E-state index is 0.179. The van der Waals surface area contributed by atoms with Gasteiger partial charge in [0.05, 0.1) is 22.3 Å². The Bertz CT molecular complexity index is 690. The standard InChI is InChI=1S/C14H13N3S/c1-9-17-13(8-18-9)14(15)11-5-4-10-3-2-6-16-12(10)7-11/h2-8,14H,15H2,1H3. The molecule has 0 amide bonds. The molecule has 0 bridgehead atoms. The molecule has 2 aromatic heterocycles. The van der Waals surface area contributed by atoms with Crippen molar-refractivity contribution in [1.29, 1.82) is 0 Å². The van der Waals surface area contributed by atoms with Gasteiger partial charge in [-0.05, 0) is 24.6 Å². The third-order valence-corrected chi connectivity index (χ3v) is 3.74. The van der Waals surface area contributed by atoms with Crippen LogP contribution >= 0.6 is 11.3 Å². The van der Waals surface area contributed by atoms with Gasteiger partial charge in [-0.3, -0.25) is 4.98 Å². The van der Waals surface area contributed by atoms with E-state index in [-0.39, 0.29) is 6.04 Å². The van der Waals surface area contributed by atoms with E-state index in [1.807, 2.05) is 36.6 Å². The van der Waals surface area contributed by atoms with Gasteiger partial charge in [0.25, 0.3) is 0 Å². The first-order valence-corrected chi connectivity index (χ1v) is 6.64. The molecule has 90 valence electrons. The van der Waals surface area contributed by atoms with Crippen molar-refractivity contribution in [2.75, 3.05) is 0 Å². The summed E-state index contributed by atoms with van der Waals surface area (Å²) in [4.78, 5) is 8.79. The molecule has 0 aliphatic rings. The van der Waals surface area contributed by atoms with Crippen molar-refractivity contribution < 1.29 is 0 Å². The molecule has 4 heteroatoms. The first kappa shape index (κ1) is 11.3. The molecule has 3 rings (SSSR count). The second-order valence-electron chi connectivity index (χ2n) is 4.22. The third kappa shape index (κ3) is 2.00. The topological polar surface area (TPSA) is 51.8 Å². The molecule has 0 fully saturated rings. The molecule has 3 aromatic rings. The van der Waals surface area contributed by atoms with Crippen molar-refractivity contribution in [3.05, 3.63) is 58.2 Å². The van der Waals surface area contributed by atoms with E-state index in [0.29, 0.717) is 0 Å². The highest BCUT2D eigenvalue weighted by Crippen LogP contribution is 2.23. The van der Waals surface area contributed by atoms with Gasteiger partial charge >= 0.3 is 0 Å². The zero-order valence-electron chi connectivity index (χ0n) is 10.00. The first-order valence-electron chi connectivity index (χ1n) is 5.76. The molecule has 3 nitrogen and oxygen atoms in total. The molecule has 1 aromatic carbocycles. The summed E-state index contributed by atoms with van der Waals surface area (Å²) < 4.78 is 0. The van der Waals surface area contributed by atoms with Crippen LogP contribution in [0.3, 0.4) is 0 Å². The fourth-order valence-electron chi connectivity index (χ4n) is 1.97. The van der Waals surface area contributed by atoms with Crippen LogP contribution in [0.4, 0.5) is 0 Å². The van der Waals surface area contributed by atoms with E-state index in [1.54, 1.807) is 17.5 Å². The number of pyridine rings is 1. The zero-order valence-corrected chi connectivity index (χ0v) is 10.8. The third-order valence-electron chi connectivity index (χ3n) is 2.94. The lowest BCUT2D eigenvalue weighted by atomic mass is 10.0. The monoisotopic (exact) mass is 255 g/mol. The number of nitrogens with two attached hydrogens (primary N) is 1. The second-order valence-corrected chi connectivity index (χ2v) is 5.29. The maximum atomic E-state index is 6.24. The summed E-state index contributed by atoms with van der Waals surface area (Å²) in [6.45, 7) is 1.99. The molecular formula is C14H13N3S. The Labute approximate surface area is 109 Å². The highest BCUT2D eigenvalue weighted by Gasteiger charge is 2.12. The summed E-state index contributed by atoms with van der Waals surface area (Å²) in [6, 6.07) is 9.94. The molecular weight excluding hydrogens is 242 g/mol. The molecule has 0 aliphatic heterocycles. The van der Waals surface area contributed by atoms with Crippen molar-refractivity contribution in [3.8, 4) is 0 Å². The van der Waals surface area contributed by atoms with Crippen molar-refractivity contribution in [2.24, 2.45) is 5.73 Å². The maximum Gasteiger partial charge on any atom is 0.0898 e. The van der Waals surface area contributed by atoms with Crippen LogP contribution in [-0.4, -0.2) is 9.97 Å². The average Bonchev–Trinajstić information content (AvgIpc) is 2.84. The molecule has 1 atom stereocenters. The number of hydrogen-bond acceptors (Lipinski definition) is 4. The minimum atomic E-state index is -0.179. The number of aromatic nitrogens is 2. The molecule has 0 aliphatic carbocycles. The number of nitrogens with zero attached hydrogens (tertiary/aromatic N) is 2. The van der Waals surface area contributed by atoms with Crippen LogP contribution in [0.15, 0.2) is 41.9 Å². The van der Waals surface area contributed by atoms with Crippen molar-refractivity contribution in [3.63, 3.8) is 0 Å². The fourth-order valence-corrected chi connectivity index (χ4v) is 2.62. The van der Waals surface area contributed by atoms with Gasteiger partial charge < -0.3 is 5.73 Å². The van der Waals surface area contributed by atoms with Crippen LogP contribution in [-0.2, 0) is 0 Å². The predicted molar refractivity (Wildman–Crippen MR) is 74.6 cm³/mol. The average molecular weight is 255 g/mol. The number of fused-ring (bicyclic) bond motifs is 1. The van der Waals surface area contributed by atoms with Crippen LogP contribution in [0.25, 0.3) is 10.9 Å². The molecule has 2 heterocycles. The lowest BCUT2D eigenvalue weighted by Crippen LogP contribution is -2.12. The number of aryl methyl sites for hydroxylation is 1. The van der Waals surface area contributed by atoms with E-state index in [1.165, 1.54) is 0 Å². The Morgan fingerprint density at radius 3 is 2.94 bits per heavy atom. The summed E-state index contributed by atoms with van der Waals surface area (Å²) in [7, 11) is 0. The minimum Gasteiger partial charge on any atom is -0.319 e. The Kier molecular flexibility index (Phi) is 2.81. The summed E-state index contributed by atoms with van der Waals surface area (Å²) in [6.07, 6.45) is 1.80. The Morgan fingerprint density at radius 1 is 1.28 bits per heavy atom. The van der Waals surface area contributed by atoms with Crippen LogP contribution in [0.1, 0.15) is 22.3 Å². The van der Waals surface area contributed by atoms with Gasteiger partial charge in [-0.2, -0.15) is 0 Å². The highest BCUT2D eigenvalue weighted by molar-refractivity contribution is 7.09. The SMILES string of the molecule is Cc1nc(C(N)c2ccc3cccnc3c2)cs1. The smallest absolute Gasteiger partial charge is 0.0898 e. The summed E-state index contributed by atoms with van der Waals surface area (Å²) in [5.41, 5.74) is 9.18. The maximum absolute atomic E-state index is 6.24. The quantitative estimate of drug-likeness (QED) is 0.765. The molecule has 1 unspecified atom stereocenters. The molecule has 18 heavy (non-hydrogen) atoms. The number of benzene rings is 1. The molecule has 0 saturated carbocycles. The Hall–Kier alpha value is -1.78. The van der Waals surface area contributed by atoms with E-state index in [4.69, 9.17) is 5.73 Å². The number of thiazole rings is 1. The van der Waals surface area contributed by atoms with E-state index in [9.17, 15) is 0 Å². The van der Waals surface area contributed by atoms with Gasteiger partial charge in [0.15, 0.2) is 0 Å². The number of hydrogen-bond donors (Lipinski definition) is 1. The van der Waals surface area contributed by atoms with Crippen LogP contribution in [0.2, 0.25) is 0 Å². The normalized spacial score (nSPS) is 12.8. The molecule has 0 spiro atoms. The van der Waals surface area contributed by atoms with E-state index >= 15 is 0 Å². The van der Waals surface area contributed by atoms with E-state index in [0.717, 1.165) is 27.2 Å². The zero-order chi connectivity index (χ0) is 12.5. The van der Waals surface area contributed by atoms with E-state index < -0.39 is 0 Å². The predicted octanol–water partition coefficient (Wildman–Crippen LogP) is 3.05. The lowest BCUT2D eigenvalue weighted by Gasteiger charge is -2.10. The first-order chi connectivity index (χ1) is 8.74. The largest absolute Gasteiger partial charge is 0.319 e. The highest BCUT2D eigenvalue weighted by atomic mass is 32.1.